The number of aliphatic hydroxyl groups excluding tert-OH is 1. The Balaban J connectivity index is 0.00000220. The second kappa shape index (κ2) is 6.42. The Hall–Kier alpha value is -2.33. The van der Waals surface area contributed by atoms with Crippen molar-refractivity contribution < 1.29 is 36.3 Å². The van der Waals surface area contributed by atoms with Gasteiger partial charge in [-0.15, -0.1) is 5.11 Å². The van der Waals surface area contributed by atoms with Crippen LogP contribution in [0.2, 0.25) is 0 Å². The summed E-state index contributed by atoms with van der Waals surface area (Å²) in [6.07, 6.45) is -2.05. The molecule has 1 amide bonds. The minimum absolute atomic E-state index is 0. The molecular formula is C9H9N5NiO6. The Morgan fingerprint density at radius 2 is 1.81 bits per heavy atom. The molecule has 2 heterocycles. The van der Waals surface area contributed by atoms with Crippen LogP contribution in [-0.2, 0) is 26.1 Å². The number of aromatic hydroxyl groups is 1. The van der Waals surface area contributed by atoms with Crippen LogP contribution in [0.5, 0.6) is 5.88 Å². The molecule has 116 valence electrons. The molecule has 21 heavy (non-hydrogen) atoms. The molecule has 1 aromatic rings. The molecule has 1 aliphatic heterocycles. The molecular weight excluding hydrogens is 333 g/mol. The summed E-state index contributed by atoms with van der Waals surface area (Å²) in [6.45, 7) is 0. The molecule has 2 atom stereocenters. The first-order valence-electron chi connectivity index (χ1n) is 5.35. The van der Waals surface area contributed by atoms with Crippen molar-refractivity contribution >= 4 is 17.4 Å². The summed E-state index contributed by atoms with van der Waals surface area (Å²) >= 11 is 0. The average Bonchev–Trinajstić information content (AvgIpc) is 2.30. The topological polar surface area (TPSA) is 177 Å². The zero-order valence-electron chi connectivity index (χ0n) is 10.1. The number of azo groups is 1. The Morgan fingerprint density at radius 3 is 2.38 bits per heavy atom. The third-order valence-corrected chi connectivity index (χ3v) is 2.45. The van der Waals surface area contributed by atoms with Gasteiger partial charge in [0, 0.05) is 16.5 Å². The summed E-state index contributed by atoms with van der Waals surface area (Å²) in [7, 11) is 0. The van der Waals surface area contributed by atoms with E-state index in [4.69, 9.17) is 0 Å². The Kier molecular flexibility index (Phi) is 5.11. The molecule has 0 spiro atoms. The molecule has 0 aromatic carbocycles. The zero-order chi connectivity index (χ0) is 14.9. The minimum atomic E-state index is -1.57. The van der Waals surface area contributed by atoms with Crippen molar-refractivity contribution in [2.75, 3.05) is 0 Å². The van der Waals surface area contributed by atoms with E-state index < -0.39 is 53.2 Å². The van der Waals surface area contributed by atoms with E-state index in [0.29, 0.717) is 0 Å². The second-order valence-corrected chi connectivity index (χ2v) is 3.92. The van der Waals surface area contributed by atoms with Gasteiger partial charge in [-0.1, -0.05) is 0 Å². The summed E-state index contributed by atoms with van der Waals surface area (Å²) < 4.78 is 0. The summed E-state index contributed by atoms with van der Waals surface area (Å²) in [6, 6.07) is -1.39. The van der Waals surface area contributed by atoms with Crippen LogP contribution in [0, 0.1) is 0 Å². The van der Waals surface area contributed by atoms with Crippen molar-refractivity contribution in [3.8, 4) is 5.88 Å². The van der Waals surface area contributed by atoms with Crippen LogP contribution >= 0.6 is 0 Å². The van der Waals surface area contributed by atoms with Crippen LogP contribution in [0.1, 0.15) is 6.42 Å². The summed E-state index contributed by atoms with van der Waals surface area (Å²) in [5, 5.41) is 27.6. The van der Waals surface area contributed by atoms with Gasteiger partial charge in [0.05, 0.1) is 6.42 Å². The Morgan fingerprint density at radius 1 is 1.14 bits per heavy atom. The number of H-pyrrole nitrogens is 2. The molecule has 5 N–H and O–H groups in total. The summed E-state index contributed by atoms with van der Waals surface area (Å²) in [4.78, 5) is 48.3. The second-order valence-electron chi connectivity index (χ2n) is 3.92. The smallest absolute Gasteiger partial charge is 0.328 e. The predicted molar refractivity (Wildman–Crippen MR) is 61.4 cm³/mol. The van der Waals surface area contributed by atoms with E-state index in [1.807, 2.05) is 4.98 Å². The average molecular weight is 342 g/mol. The van der Waals surface area contributed by atoms with Crippen molar-refractivity contribution in [1.29, 1.82) is 0 Å². The standard InChI is InChI=1S/C9H9N5O6.Ni/c15-2-1-3(16)10-6(17)4(2)13-14-5-7(18)11-9(20)12-8(5)19;/h4,6,17H,1H2,(H,10,16)(H3,11,12,18,19,20);. The third-order valence-electron chi connectivity index (χ3n) is 2.45. The molecule has 2 unspecified atom stereocenters. The van der Waals surface area contributed by atoms with Crippen molar-refractivity contribution in [2.24, 2.45) is 10.2 Å². The largest absolute Gasteiger partial charge is 0.493 e. The number of aromatic nitrogens is 2. The molecule has 1 aliphatic rings. The quantitative estimate of drug-likeness (QED) is 0.228. The molecule has 1 saturated heterocycles. The SMILES string of the molecule is O=C1CC(=O)C(N=Nc2c(O)[nH]c(=O)[nH]c2=O)C(O)N1.[Ni]. The first-order valence-corrected chi connectivity index (χ1v) is 5.35. The monoisotopic (exact) mass is 341 g/mol. The van der Waals surface area contributed by atoms with E-state index in [-0.39, 0.29) is 16.5 Å². The van der Waals surface area contributed by atoms with Gasteiger partial charge in [-0.2, -0.15) is 5.11 Å². The number of carbonyl (C=O) groups is 2. The number of aliphatic hydroxyl groups is 1. The number of hydrogen-bond donors (Lipinski definition) is 5. The number of ketones is 1. The van der Waals surface area contributed by atoms with Crippen LogP contribution in [0.15, 0.2) is 19.8 Å². The number of piperidine rings is 1. The van der Waals surface area contributed by atoms with Gasteiger partial charge in [0.25, 0.3) is 5.56 Å². The van der Waals surface area contributed by atoms with E-state index in [2.05, 4.69) is 15.5 Å². The number of carbonyl (C=O) groups excluding carboxylic acids is 2. The maximum absolute atomic E-state index is 11.5. The molecule has 0 radical (unpaired) electrons. The van der Waals surface area contributed by atoms with Gasteiger partial charge in [0.1, 0.15) is 0 Å². The molecule has 0 aliphatic carbocycles. The molecule has 0 bridgehead atoms. The fourth-order valence-corrected chi connectivity index (χ4v) is 1.54. The Labute approximate surface area is 125 Å². The van der Waals surface area contributed by atoms with E-state index in [1.165, 1.54) is 0 Å². The van der Waals surface area contributed by atoms with E-state index in [0.717, 1.165) is 0 Å². The van der Waals surface area contributed by atoms with E-state index in [9.17, 15) is 29.4 Å². The molecule has 1 aromatic heterocycles. The van der Waals surface area contributed by atoms with Crippen molar-refractivity contribution in [2.45, 2.75) is 18.7 Å². The van der Waals surface area contributed by atoms with Gasteiger partial charge in [0.2, 0.25) is 17.5 Å². The van der Waals surface area contributed by atoms with Crippen LogP contribution in [0.3, 0.4) is 0 Å². The number of amides is 1. The number of Topliss-reactive ketones (excluding diaryl/α,β-unsaturated/α-hetero) is 1. The number of nitrogens with zero attached hydrogens (tertiary/aromatic N) is 2. The summed E-state index contributed by atoms with van der Waals surface area (Å²) in [5.74, 6) is -2.17. The first kappa shape index (κ1) is 16.7. The van der Waals surface area contributed by atoms with Gasteiger partial charge < -0.3 is 15.5 Å². The fourth-order valence-electron chi connectivity index (χ4n) is 1.54. The van der Waals surface area contributed by atoms with Crippen molar-refractivity contribution in [3.63, 3.8) is 0 Å². The van der Waals surface area contributed by atoms with Gasteiger partial charge in [-0.25, -0.2) is 4.79 Å². The zero-order valence-corrected chi connectivity index (χ0v) is 11.1. The minimum Gasteiger partial charge on any atom is -0.493 e. The van der Waals surface area contributed by atoms with Gasteiger partial charge in [-0.3, -0.25) is 24.4 Å². The van der Waals surface area contributed by atoms with Crippen LogP contribution in [0.25, 0.3) is 0 Å². The number of aromatic amines is 2. The van der Waals surface area contributed by atoms with E-state index in [1.54, 1.807) is 4.98 Å². The van der Waals surface area contributed by atoms with Crippen molar-refractivity contribution in [1.82, 2.24) is 15.3 Å². The van der Waals surface area contributed by atoms with Crippen LogP contribution < -0.4 is 16.6 Å². The molecule has 11 nitrogen and oxygen atoms in total. The number of hydrogen-bond acceptors (Lipinski definition) is 8. The molecule has 1 fully saturated rings. The van der Waals surface area contributed by atoms with E-state index >= 15 is 0 Å². The maximum atomic E-state index is 11.5. The summed E-state index contributed by atoms with van der Waals surface area (Å²) in [5.41, 5.74) is -2.58. The first-order chi connectivity index (χ1) is 9.38. The van der Waals surface area contributed by atoms with Gasteiger partial charge >= 0.3 is 5.69 Å². The molecule has 0 saturated carbocycles. The molecule has 12 heteroatoms. The van der Waals surface area contributed by atoms with Crippen molar-refractivity contribution in [3.05, 3.63) is 20.8 Å². The predicted octanol–water partition coefficient (Wildman–Crippen LogP) is -2.37. The fraction of sp³-hybridized carbons (Fsp3) is 0.333. The third kappa shape index (κ3) is 3.61. The molecule has 2 rings (SSSR count). The van der Waals surface area contributed by atoms with Crippen LogP contribution in [0.4, 0.5) is 5.69 Å². The van der Waals surface area contributed by atoms with Gasteiger partial charge in [-0.05, 0) is 0 Å². The van der Waals surface area contributed by atoms with Crippen LogP contribution in [-0.4, -0.2) is 44.1 Å². The number of rotatable bonds is 2. The normalized spacial score (nSPS) is 22.0. The number of nitrogens with one attached hydrogen (secondary N) is 3. The van der Waals surface area contributed by atoms with Gasteiger partial charge in [0.15, 0.2) is 18.1 Å². The maximum Gasteiger partial charge on any atom is 0.328 e. The Bertz CT molecular complexity index is 709.